The first-order valence-corrected chi connectivity index (χ1v) is 11.5. The molecule has 0 aliphatic heterocycles. The van der Waals surface area contributed by atoms with E-state index in [4.69, 9.17) is 0 Å². The van der Waals surface area contributed by atoms with E-state index in [1.165, 1.54) is 19.1 Å². The van der Waals surface area contributed by atoms with Crippen LogP contribution in [0.2, 0.25) is 0 Å². The van der Waals surface area contributed by atoms with Crippen molar-refractivity contribution in [2.24, 2.45) is 0 Å². The number of ketones is 1. The molecule has 0 atom stereocenters. The van der Waals surface area contributed by atoms with Crippen molar-refractivity contribution in [1.29, 1.82) is 0 Å². The number of benzene rings is 3. The Hall–Kier alpha value is -2.72. The zero-order valence-electron chi connectivity index (χ0n) is 16.1. The van der Waals surface area contributed by atoms with Crippen LogP contribution in [-0.4, -0.2) is 26.7 Å². The number of halogens is 1. The summed E-state index contributed by atoms with van der Waals surface area (Å²) in [5.41, 5.74) is 1.26. The molecule has 3 aromatic rings. The third kappa shape index (κ3) is 5.25. The number of rotatable bonds is 7. The summed E-state index contributed by atoms with van der Waals surface area (Å²) in [6.45, 7) is 1.02. The van der Waals surface area contributed by atoms with Crippen LogP contribution >= 0.6 is 22.6 Å². The fourth-order valence-electron chi connectivity index (χ4n) is 2.79. The van der Waals surface area contributed by atoms with Gasteiger partial charge in [0, 0.05) is 14.8 Å². The molecule has 0 fully saturated rings. The van der Waals surface area contributed by atoms with Crippen LogP contribution < -0.4 is 9.62 Å². The van der Waals surface area contributed by atoms with Crippen LogP contribution in [0, 0.1) is 3.57 Å². The molecule has 3 aromatic carbocycles. The maximum Gasteiger partial charge on any atom is 0.264 e. The quantitative estimate of drug-likeness (QED) is 0.362. The minimum absolute atomic E-state index is 0.0925. The van der Waals surface area contributed by atoms with Crippen LogP contribution in [0.4, 0.5) is 11.4 Å². The second-order valence-corrected chi connectivity index (χ2v) is 9.59. The molecule has 0 spiro atoms. The van der Waals surface area contributed by atoms with Crippen molar-refractivity contribution in [3.63, 3.8) is 0 Å². The summed E-state index contributed by atoms with van der Waals surface area (Å²) in [7, 11) is -3.96. The van der Waals surface area contributed by atoms with Gasteiger partial charge in [-0.2, -0.15) is 0 Å². The first kappa shape index (κ1) is 22.0. The average molecular weight is 534 g/mol. The van der Waals surface area contributed by atoms with E-state index in [2.05, 4.69) is 27.9 Å². The van der Waals surface area contributed by atoms with Crippen molar-refractivity contribution in [1.82, 2.24) is 0 Å². The van der Waals surface area contributed by atoms with Gasteiger partial charge in [0.2, 0.25) is 5.91 Å². The third-order valence-corrected chi connectivity index (χ3v) is 6.79. The molecule has 1 amide bonds. The molecule has 0 heterocycles. The molecule has 0 bridgehead atoms. The average Bonchev–Trinajstić information content (AvgIpc) is 2.73. The molecule has 0 aromatic heterocycles. The van der Waals surface area contributed by atoms with Gasteiger partial charge in [-0.15, -0.1) is 0 Å². The van der Waals surface area contributed by atoms with Crippen LogP contribution in [0.1, 0.15) is 17.3 Å². The maximum absolute atomic E-state index is 13.2. The number of amides is 1. The molecule has 3 rings (SSSR count). The molecule has 0 aliphatic rings. The fourth-order valence-corrected chi connectivity index (χ4v) is 4.59. The zero-order chi connectivity index (χ0) is 21.7. The van der Waals surface area contributed by atoms with Crippen molar-refractivity contribution in [3.05, 3.63) is 88.0 Å². The number of nitrogens with one attached hydrogen (secondary N) is 1. The number of hydrogen-bond donors (Lipinski definition) is 1. The van der Waals surface area contributed by atoms with Gasteiger partial charge in [0.25, 0.3) is 10.0 Å². The smallest absolute Gasteiger partial charge is 0.264 e. The Bertz CT molecular complexity index is 1160. The number of nitrogens with zero attached hydrogens (tertiary/aromatic N) is 1. The number of carbonyl (C=O) groups is 2. The van der Waals surface area contributed by atoms with E-state index in [0.29, 0.717) is 16.9 Å². The zero-order valence-corrected chi connectivity index (χ0v) is 19.1. The lowest BCUT2D eigenvalue weighted by Gasteiger charge is -2.24. The van der Waals surface area contributed by atoms with Crippen molar-refractivity contribution in [2.75, 3.05) is 16.2 Å². The van der Waals surface area contributed by atoms with E-state index in [0.717, 1.165) is 7.88 Å². The molecule has 154 valence electrons. The van der Waals surface area contributed by atoms with E-state index in [9.17, 15) is 18.0 Å². The lowest BCUT2D eigenvalue weighted by Crippen LogP contribution is -2.38. The van der Waals surface area contributed by atoms with Crippen LogP contribution in [0.3, 0.4) is 0 Å². The summed E-state index contributed by atoms with van der Waals surface area (Å²) < 4.78 is 28.5. The maximum atomic E-state index is 13.2. The summed E-state index contributed by atoms with van der Waals surface area (Å²) in [4.78, 5) is 24.4. The van der Waals surface area contributed by atoms with Gasteiger partial charge in [0.15, 0.2) is 5.78 Å². The molecule has 30 heavy (non-hydrogen) atoms. The minimum atomic E-state index is -3.96. The number of carbonyl (C=O) groups excluding carboxylic acids is 2. The second kappa shape index (κ2) is 9.40. The van der Waals surface area contributed by atoms with Gasteiger partial charge < -0.3 is 5.32 Å². The van der Waals surface area contributed by atoms with Gasteiger partial charge in [-0.3, -0.25) is 13.9 Å². The Morgan fingerprint density at radius 1 is 0.933 bits per heavy atom. The monoisotopic (exact) mass is 534 g/mol. The van der Waals surface area contributed by atoms with Crippen LogP contribution in [-0.2, 0) is 14.8 Å². The fraction of sp³-hybridized carbons (Fsp3) is 0.0909. The Labute approximate surface area is 189 Å². The molecule has 0 aliphatic carbocycles. The van der Waals surface area contributed by atoms with Gasteiger partial charge in [-0.05, 0) is 78.0 Å². The molecule has 1 N–H and O–H groups in total. The Balaban J connectivity index is 1.91. The summed E-state index contributed by atoms with van der Waals surface area (Å²) >= 11 is 2.13. The van der Waals surface area contributed by atoms with E-state index >= 15 is 0 Å². The highest BCUT2D eigenvalue weighted by atomic mass is 127. The van der Waals surface area contributed by atoms with Crippen LogP contribution in [0.15, 0.2) is 83.8 Å². The first-order chi connectivity index (χ1) is 14.3. The van der Waals surface area contributed by atoms with Crippen molar-refractivity contribution >= 4 is 55.7 Å². The number of sulfonamides is 1. The summed E-state index contributed by atoms with van der Waals surface area (Å²) in [5.74, 6) is -0.646. The predicted molar refractivity (Wildman–Crippen MR) is 125 cm³/mol. The molecular weight excluding hydrogens is 515 g/mol. The number of Topliss-reactive ketones (excluding diaryl/α,β-unsaturated/α-hetero) is 1. The summed E-state index contributed by atoms with van der Waals surface area (Å²) in [6, 6.07) is 21.3. The standard InChI is InChI=1S/C22H19IN2O4S/c1-16(26)17-6-5-7-19(14-17)24-22(27)15-25(20-12-10-18(23)11-13-20)30(28,29)21-8-3-2-4-9-21/h2-14H,15H2,1H3,(H,24,27). The molecule has 0 saturated heterocycles. The minimum Gasteiger partial charge on any atom is -0.324 e. The molecule has 0 unspecified atom stereocenters. The molecule has 8 heteroatoms. The van der Waals surface area contributed by atoms with Crippen molar-refractivity contribution in [3.8, 4) is 0 Å². The van der Waals surface area contributed by atoms with Crippen LogP contribution in [0.25, 0.3) is 0 Å². The lowest BCUT2D eigenvalue weighted by atomic mass is 10.1. The molecule has 6 nitrogen and oxygen atoms in total. The number of anilines is 2. The number of hydrogen-bond acceptors (Lipinski definition) is 4. The Kier molecular flexibility index (Phi) is 6.88. The van der Waals surface area contributed by atoms with Gasteiger partial charge in [0.05, 0.1) is 10.6 Å². The topological polar surface area (TPSA) is 83.6 Å². The SMILES string of the molecule is CC(=O)c1cccc(NC(=O)CN(c2ccc(I)cc2)S(=O)(=O)c2ccccc2)c1. The lowest BCUT2D eigenvalue weighted by molar-refractivity contribution is -0.114. The third-order valence-electron chi connectivity index (χ3n) is 4.29. The largest absolute Gasteiger partial charge is 0.324 e. The van der Waals surface area contributed by atoms with Gasteiger partial charge in [-0.1, -0.05) is 30.3 Å². The summed E-state index contributed by atoms with van der Waals surface area (Å²) in [6.07, 6.45) is 0. The highest BCUT2D eigenvalue weighted by Gasteiger charge is 2.27. The van der Waals surface area contributed by atoms with E-state index < -0.39 is 22.5 Å². The van der Waals surface area contributed by atoms with Crippen molar-refractivity contribution < 1.29 is 18.0 Å². The second-order valence-electron chi connectivity index (χ2n) is 6.49. The van der Waals surface area contributed by atoms with Crippen LogP contribution in [0.5, 0.6) is 0 Å². The first-order valence-electron chi connectivity index (χ1n) is 9.01. The van der Waals surface area contributed by atoms with Gasteiger partial charge in [0.1, 0.15) is 6.54 Å². The normalized spacial score (nSPS) is 11.0. The van der Waals surface area contributed by atoms with Gasteiger partial charge in [-0.25, -0.2) is 8.42 Å². The Morgan fingerprint density at radius 3 is 2.23 bits per heavy atom. The van der Waals surface area contributed by atoms with E-state index in [-0.39, 0.29) is 10.7 Å². The van der Waals surface area contributed by atoms with Gasteiger partial charge >= 0.3 is 0 Å². The van der Waals surface area contributed by atoms with E-state index in [1.807, 2.05) is 0 Å². The molecule has 0 saturated carbocycles. The predicted octanol–water partition coefficient (Wildman–Crippen LogP) is 4.33. The Morgan fingerprint density at radius 2 is 1.60 bits per heavy atom. The van der Waals surface area contributed by atoms with E-state index in [1.54, 1.807) is 66.7 Å². The molecule has 0 radical (unpaired) electrons. The van der Waals surface area contributed by atoms with Crippen molar-refractivity contribution in [2.45, 2.75) is 11.8 Å². The summed E-state index contributed by atoms with van der Waals surface area (Å²) in [5, 5.41) is 2.67. The molecular formula is C22H19IN2O4S. The highest BCUT2D eigenvalue weighted by Crippen LogP contribution is 2.24. The highest BCUT2D eigenvalue weighted by molar-refractivity contribution is 14.1.